The number of likely N-dealkylation sites (N-methyl/N-ethyl adjacent to an activating group) is 2. The van der Waals surface area contributed by atoms with Crippen molar-refractivity contribution in [1.82, 2.24) is 9.80 Å². The summed E-state index contributed by atoms with van der Waals surface area (Å²) in [6, 6.07) is 0.468. The molecule has 17 heavy (non-hydrogen) atoms. The number of hydrogen-bond donors (Lipinski definition) is 0. The maximum atomic E-state index is 11.7. The SMILES string of the molecule is CC(C)C(=O)CC(=O)N(C)CCN(C)C(C)C. The van der Waals surface area contributed by atoms with Crippen molar-refractivity contribution in [2.75, 3.05) is 27.2 Å². The minimum atomic E-state index is -0.0825. The molecule has 0 aromatic heterocycles. The topological polar surface area (TPSA) is 40.6 Å². The number of rotatable bonds is 7. The molecule has 0 fully saturated rings. The molecule has 0 aliphatic rings. The van der Waals surface area contributed by atoms with Crippen LogP contribution in [0.2, 0.25) is 0 Å². The van der Waals surface area contributed by atoms with Gasteiger partial charge in [-0.3, -0.25) is 9.59 Å². The van der Waals surface area contributed by atoms with Crippen molar-refractivity contribution < 1.29 is 9.59 Å². The lowest BCUT2D eigenvalue weighted by molar-refractivity contribution is -0.135. The Morgan fingerprint density at radius 2 is 1.53 bits per heavy atom. The quantitative estimate of drug-likeness (QED) is 0.634. The Balaban J connectivity index is 4.02. The monoisotopic (exact) mass is 242 g/mol. The normalized spacial score (nSPS) is 11.4. The van der Waals surface area contributed by atoms with Crippen LogP contribution in [-0.4, -0.2) is 54.7 Å². The fourth-order valence-corrected chi connectivity index (χ4v) is 1.18. The van der Waals surface area contributed by atoms with Crippen LogP contribution in [0.5, 0.6) is 0 Å². The summed E-state index contributed by atoms with van der Waals surface area (Å²) < 4.78 is 0. The summed E-state index contributed by atoms with van der Waals surface area (Å²) in [7, 11) is 3.78. The molecule has 4 heteroatoms. The number of hydrogen-bond acceptors (Lipinski definition) is 3. The lowest BCUT2D eigenvalue weighted by Crippen LogP contribution is -2.38. The van der Waals surface area contributed by atoms with E-state index in [0.717, 1.165) is 6.54 Å². The van der Waals surface area contributed by atoms with Gasteiger partial charge >= 0.3 is 0 Å². The maximum absolute atomic E-state index is 11.7. The zero-order valence-electron chi connectivity index (χ0n) is 12.0. The Bertz CT molecular complexity index is 262. The molecule has 0 N–H and O–H groups in total. The molecular weight excluding hydrogens is 216 g/mol. The minimum Gasteiger partial charge on any atom is -0.344 e. The number of carbonyl (C=O) groups is 2. The van der Waals surface area contributed by atoms with Gasteiger partial charge in [0.1, 0.15) is 5.78 Å². The van der Waals surface area contributed by atoms with E-state index in [9.17, 15) is 9.59 Å². The van der Waals surface area contributed by atoms with Gasteiger partial charge in [0, 0.05) is 32.1 Å². The Morgan fingerprint density at radius 3 is 1.94 bits per heavy atom. The molecule has 0 aliphatic heterocycles. The Hall–Kier alpha value is -0.900. The molecular formula is C13H26N2O2. The van der Waals surface area contributed by atoms with Crippen molar-refractivity contribution in [3.05, 3.63) is 0 Å². The zero-order valence-corrected chi connectivity index (χ0v) is 12.0. The van der Waals surface area contributed by atoms with Gasteiger partial charge in [-0.2, -0.15) is 0 Å². The molecule has 1 amide bonds. The fraction of sp³-hybridized carbons (Fsp3) is 0.846. The molecule has 0 aromatic rings. The lowest BCUT2D eigenvalue weighted by Gasteiger charge is -2.24. The first kappa shape index (κ1) is 16.1. The van der Waals surface area contributed by atoms with E-state index in [4.69, 9.17) is 0 Å². The second-order valence-corrected chi connectivity index (χ2v) is 5.19. The van der Waals surface area contributed by atoms with Crippen molar-refractivity contribution in [1.29, 1.82) is 0 Å². The van der Waals surface area contributed by atoms with E-state index < -0.39 is 0 Å². The van der Waals surface area contributed by atoms with Crippen molar-refractivity contribution in [3.63, 3.8) is 0 Å². The maximum Gasteiger partial charge on any atom is 0.229 e. The third-order valence-corrected chi connectivity index (χ3v) is 3.06. The summed E-state index contributed by atoms with van der Waals surface area (Å²) in [5.74, 6) is -0.134. The molecule has 0 aliphatic carbocycles. The molecule has 0 rings (SSSR count). The third-order valence-electron chi connectivity index (χ3n) is 3.06. The van der Waals surface area contributed by atoms with E-state index in [1.807, 2.05) is 20.9 Å². The van der Waals surface area contributed by atoms with Gasteiger partial charge in [-0.25, -0.2) is 0 Å². The first-order valence-electron chi connectivity index (χ1n) is 6.22. The summed E-state index contributed by atoms with van der Waals surface area (Å²) in [5, 5.41) is 0. The summed E-state index contributed by atoms with van der Waals surface area (Å²) in [5.41, 5.74) is 0. The number of Topliss-reactive ketones (excluding diaryl/α,β-unsaturated/α-hetero) is 1. The molecule has 0 bridgehead atoms. The standard InChI is InChI=1S/C13H26N2O2/c1-10(2)12(16)9-13(17)15(6)8-7-14(5)11(3)4/h10-11H,7-9H2,1-6H3. The molecule has 0 unspecified atom stereocenters. The van der Waals surface area contributed by atoms with Crippen LogP contribution in [-0.2, 0) is 9.59 Å². The van der Waals surface area contributed by atoms with E-state index in [-0.39, 0.29) is 24.0 Å². The van der Waals surface area contributed by atoms with Gasteiger partial charge in [0.25, 0.3) is 0 Å². The average Bonchev–Trinajstić information content (AvgIpc) is 2.24. The molecule has 0 saturated heterocycles. The number of amides is 1. The molecule has 0 spiro atoms. The first-order valence-corrected chi connectivity index (χ1v) is 6.22. The number of carbonyl (C=O) groups excluding carboxylic acids is 2. The van der Waals surface area contributed by atoms with Crippen molar-refractivity contribution in [2.45, 2.75) is 40.2 Å². The van der Waals surface area contributed by atoms with E-state index >= 15 is 0 Å². The van der Waals surface area contributed by atoms with Crippen LogP contribution in [0.15, 0.2) is 0 Å². The average molecular weight is 242 g/mol. The molecule has 0 radical (unpaired) electrons. The predicted molar refractivity (Wildman–Crippen MR) is 69.9 cm³/mol. The van der Waals surface area contributed by atoms with Crippen LogP contribution >= 0.6 is 0 Å². The smallest absolute Gasteiger partial charge is 0.229 e. The second-order valence-electron chi connectivity index (χ2n) is 5.19. The predicted octanol–water partition coefficient (Wildman–Crippen LogP) is 1.40. The Kier molecular flexibility index (Phi) is 7.04. The van der Waals surface area contributed by atoms with Crippen LogP contribution < -0.4 is 0 Å². The number of nitrogens with zero attached hydrogens (tertiary/aromatic N) is 2. The van der Waals surface area contributed by atoms with E-state index in [2.05, 4.69) is 18.7 Å². The van der Waals surface area contributed by atoms with Crippen LogP contribution in [0.4, 0.5) is 0 Å². The minimum absolute atomic E-state index is 0.0130. The third kappa shape index (κ3) is 6.41. The van der Waals surface area contributed by atoms with Crippen molar-refractivity contribution in [2.24, 2.45) is 5.92 Å². The van der Waals surface area contributed by atoms with Gasteiger partial charge in [0.2, 0.25) is 5.91 Å². The van der Waals surface area contributed by atoms with Crippen LogP contribution in [0, 0.1) is 5.92 Å². The van der Waals surface area contributed by atoms with Gasteiger partial charge in [-0.1, -0.05) is 13.8 Å². The highest BCUT2D eigenvalue weighted by molar-refractivity contribution is 5.98. The van der Waals surface area contributed by atoms with Gasteiger partial charge < -0.3 is 9.80 Å². The highest BCUT2D eigenvalue weighted by Crippen LogP contribution is 2.02. The van der Waals surface area contributed by atoms with Crippen LogP contribution in [0.3, 0.4) is 0 Å². The molecule has 4 nitrogen and oxygen atoms in total. The lowest BCUT2D eigenvalue weighted by atomic mass is 10.1. The highest BCUT2D eigenvalue weighted by atomic mass is 16.2. The molecule has 0 heterocycles. The number of ketones is 1. The van der Waals surface area contributed by atoms with Gasteiger partial charge in [0.05, 0.1) is 6.42 Å². The molecule has 0 saturated carbocycles. The van der Waals surface area contributed by atoms with Gasteiger partial charge in [-0.15, -0.1) is 0 Å². The highest BCUT2D eigenvalue weighted by Gasteiger charge is 2.16. The summed E-state index contributed by atoms with van der Waals surface area (Å²) in [4.78, 5) is 27.0. The Morgan fingerprint density at radius 1 is 1.00 bits per heavy atom. The van der Waals surface area contributed by atoms with Gasteiger partial charge in [0.15, 0.2) is 0 Å². The summed E-state index contributed by atoms with van der Waals surface area (Å²) in [6.07, 6.45) is 0.0273. The zero-order chi connectivity index (χ0) is 13.6. The van der Waals surface area contributed by atoms with Crippen LogP contribution in [0.1, 0.15) is 34.1 Å². The summed E-state index contributed by atoms with van der Waals surface area (Å²) in [6.45, 7) is 9.37. The van der Waals surface area contributed by atoms with E-state index in [1.54, 1.807) is 11.9 Å². The van der Waals surface area contributed by atoms with Crippen molar-refractivity contribution in [3.8, 4) is 0 Å². The van der Waals surface area contributed by atoms with E-state index in [0.29, 0.717) is 12.6 Å². The largest absolute Gasteiger partial charge is 0.344 e. The van der Waals surface area contributed by atoms with Crippen molar-refractivity contribution >= 4 is 11.7 Å². The fourth-order valence-electron chi connectivity index (χ4n) is 1.18. The molecule has 0 aromatic carbocycles. The Labute approximate surface area is 105 Å². The molecule has 100 valence electrons. The van der Waals surface area contributed by atoms with Gasteiger partial charge in [-0.05, 0) is 20.9 Å². The first-order chi connectivity index (χ1) is 7.75. The van der Waals surface area contributed by atoms with E-state index in [1.165, 1.54) is 0 Å². The summed E-state index contributed by atoms with van der Waals surface area (Å²) >= 11 is 0. The second kappa shape index (κ2) is 7.43. The van der Waals surface area contributed by atoms with Crippen LogP contribution in [0.25, 0.3) is 0 Å². The molecule has 0 atom stereocenters.